The van der Waals surface area contributed by atoms with E-state index in [4.69, 9.17) is 23.7 Å². The van der Waals surface area contributed by atoms with Gasteiger partial charge in [0.2, 0.25) is 0 Å². The van der Waals surface area contributed by atoms with Crippen molar-refractivity contribution >= 4 is 5.97 Å². The maximum absolute atomic E-state index is 13.4. The minimum absolute atomic E-state index is 0.229. The zero-order valence-corrected chi connectivity index (χ0v) is 23.5. The van der Waals surface area contributed by atoms with Crippen molar-refractivity contribution in [2.24, 2.45) is 5.92 Å². The summed E-state index contributed by atoms with van der Waals surface area (Å²) in [6, 6.07) is 29.4. The zero-order valence-electron chi connectivity index (χ0n) is 23.5. The molecule has 0 saturated heterocycles. The molecule has 6 rings (SSSR count). The van der Waals surface area contributed by atoms with Crippen LogP contribution in [0, 0.1) is 5.92 Å². The van der Waals surface area contributed by atoms with Crippen molar-refractivity contribution < 1.29 is 38.7 Å². The molecular formula is C34H32O8. The van der Waals surface area contributed by atoms with E-state index in [0.717, 1.165) is 5.56 Å². The monoisotopic (exact) mass is 568 g/mol. The highest BCUT2D eigenvalue weighted by atomic mass is 16.6. The van der Waals surface area contributed by atoms with Crippen LogP contribution in [0.5, 0.6) is 23.0 Å². The number of aliphatic hydroxyl groups is 2. The van der Waals surface area contributed by atoms with E-state index in [1.165, 1.54) is 14.2 Å². The number of ether oxygens (including phenoxy) is 5. The summed E-state index contributed by atoms with van der Waals surface area (Å²) < 4.78 is 29.3. The number of hydrogen-bond donors (Lipinski definition) is 2. The van der Waals surface area contributed by atoms with Gasteiger partial charge in [-0.3, -0.25) is 4.79 Å². The first kappa shape index (κ1) is 27.6. The Kier molecular flexibility index (Phi) is 7.04. The number of aliphatic hydroxyl groups excluding tert-OH is 1. The summed E-state index contributed by atoms with van der Waals surface area (Å²) in [4.78, 5) is 13.4. The molecule has 216 valence electrons. The Morgan fingerprint density at radius 1 is 0.857 bits per heavy atom. The maximum Gasteiger partial charge on any atom is 0.312 e. The highest BCUT2D eigenvalue weighted by Crippen LogP contribution is 2.70. The number of methoxy groups -OCH3 is 3. The average Bonchev–Trinajstić information content (AvgIpc) is 3.42. The van der Waals surface area contributed by atoms with Crippen LogP contribution >= 0.6 is 0 Å². The van der Waals surface area contributed by atoms with Gasteiger partial charge in [-0.1, -0.05) is 72.8 Å². The molecule has 1 fully saturated rings. The molecule has 0 amide bonds. The van der Waals surface area contributed by atoms with Gasteiger partial charge >= 0.3 is 5.97 Å². The first-order chi connectivity index (χ1) is 20.4. The van der Waals surface area contributed by atoms with Crippen molar-refractivity contribution in [3.63, 3.8) is 0 Å². The number of rotatable bonds is 8. The lowest BCUT2D eigenvalue weighted by Gasteiger charge is -2.40. The zero-order chi connectivity index (χ0) is 29.5. The molecule has 0 bridgehead atoms. The van der Waals surface area contributed by atoms with E-state index in [1.807, 2.05) is 60.7 Å². The Morgan fingerprint density at radius 3 is 2.14 bits per heavy atom. The van der Waals surface area contributed by atoms with Gasteiger partial charge in [0.1, 0.15) is 35.7 Å². The third-order valence-electron chi connectivity index (χ3n) is 8.44. The van der Waals surface area contributed by atoms with Gasteiger partial charge in [0.25, 0.3) is 0 Å². The van der Waals surface area contributed by atoms with Gasteiger partial charge in [-0.2, -0.15) is 0 Å². The highest BCUT2D eigenvalue weighted by molar-refractivity contribution is 5.78. The van der Waals surface area contributed by atoms with Crippen LogP contribution in [0.1, 0.15) is 28.2 Å². The fraction of sp³-hybridized carbons (Fsp3) is 0.265. The predicted octanol–water partition coefficient (Wildman–Crippen LogP) is 4.71. The molecule has 1 heterocycles. The first-order valence-electron chi connectivity index (χ1n) is 13.6. The van der Waals surface area contributed by atoms with E-state index in [-0.39, 0.29) is 17.1 Å². The number of fused-ring (bicyclic) bond motifs is 3. The molecule has 8 heteroatoms. The number of benzene rings is 4. The quantitative estimate of drug-likeness (QED) is 0.295. The lowest BCUT2D eigenvalue weighted by atomic mass is 9.70. The van der Waals surface area contributed by atoms with Crippen LogP contribution in [0.15, 0.2) is 97.1 Å². The molecule has 1 aliphatic heterocycles. The van der Waals surface area contributed by atoms with E-state index in [1.54, 1.807) is 43.5 Å². The van der Waals surface area contributed by atoms with Crippen molar-refractivity contribution in [1.29, 1.82) is 0 Å². The second kappa shape index (κ2) is 10.7. The molecule has 0 radical (unpaired) electrons. The van der Waals surface area contributed by atoms with Gasteiger partial charge in [0.15, 0.2) is 11.2 Å². The fourth-order valence-electron chi connectivity index (χ4n) is 6.61. The predicted molar refractivity (Wildman–Crippen MR) is 154 cm³/mol. The normalized spacial score (nSPS) is 25.6. The van der Waals surface area contributed by atoms with Crippen molar-refractivity contribution in [2.75, 3.05) is 21.3 Å². The third kappa shape index (κ3) is 4.01. The van der Waals surface area contributed by atoms with Crippen LogP contribution in [-0.2, 0) is 27.3 Å². The molecule has 1 aliphatic carbocycles. The van der Waals surface area contributed by atoms with Gasteiger partial charge in [-0.15, -0.1) is 0 Å². The lowest BCUT2D eigenvalue weighted by Crippen LogP contribution is -2.52. The van der Waals surface area contributed by atoms with Crippen LogP contribution in [0.2, 0.25) is 0 Å². The second-order valence-corrected chi connectivity index (χ2v) is 10.5. The molecule has 0 aromatic heterocycles. The number of carbonyl (C=O) groups is 1. The Balaban J connectivity index is 1.58. The number of hydrogen-bond acceptors (Lipinski definition) is 8. The smallest absolute Gasteiger partial charge is 0.312 e. The van der Waals surface area contributed by atoms with Crippen LogP contribution in [0.3, 0.4) is 0 Å². The van der Waals surface area contributed by atoms with E-state index >= 15 is 0 Å². The Labute approximate surface area is 244 Å². The molecule has 0 spiro atoms. The third-order valence-corrected chi connectivity index (χ3v) is 8.44. The van der Waals surface area contributed by atoms with E-state index in [9.17, 15) is 15.0 Å². The molecule has 1 saturated carbocycles. The maximum atomic E-state index is 13.4. The van der Waals surface area contributed by atoms with Gasteiger partial charge < -0.3 is 33.9 Å². The molecule has 2 aliphatic rings. The van der Waals surface area contributed by atoms with E-state index in [2.05, 4.69) is 0 Å². The Bertz CT molecular complexity index is 1570. The molecule has 4 aromatic carbocycles. The minimum atomic E-state index is -2.13. The minimum Gasteiger partial charge on any atom is -0.497 e. The fourth-order valence-corrected chi connectivity index (χ4v) is 6.61. The molecule has 8 nitrogen and oxygen atoms in total. The second-order valence-electron chi connectivity index (χ2n) is 10.5. The van der Waals surface area contributed by atoms with Crippen molar-refractivity contribution in [3.05, 3.63) is 119 Å². The summed E-state index contributed by atoms with van der Waals surface area (Å²) in [5, 5.41) is 24.9. The van der Waals surface area contributed by atoms with Gasteiger partial charge in [0.05, 0.1) is 32.8 Å². The average molecular weight is 569 g/mol. The van der Waals surface area contributed by atoms with Crippen molar-refractivity contribution in [3.8, 4) is 23.0 Å². The molecular weight excluding hydrogens is 536 g/mol. The van der Waals surface area contributed by atoms with Crippen molar-refractivity contribution in [1.82, 2.24) is 0 Å². The largest absolute Gasteiger partial charge is 0.497 e. The number of esters is 1. The molecule has 4 aromatic rings. The van der Waals surface area contributed by atoms with Gasteiger partial charge in [-0.05, 0) is 28.8 Å². The summed E-state index contributed by atoms with van der Waals surface area (Å²) in [6.45, 7) is 0.302. The molecule has 2 N–H and O–H groups in total. The van der Waals surface area contributed by atoms with Crippen LogP contribution in [0.25, 0.3) is 0 Å². The van der Waals surface area contributed by atoms with Crippen LogP contribution in [0.4, 0.5) is 0 Å². The SMILES string of the molecule is COC(=O)[C@@H]1[C@@H](O)[C@@]2(O)c3c(OC)cc(OCc4ccccc4)cc3O[C@@]2(c2ccc(OC)cc2)[C@H]1c1ccccc1. The molecule has 0 unspecified atom stereocenters. The van der Waals surface area contributed by atoms with E-state index in [0.29, 0.717) is 29.2 Å². The summed E-state index contributed by atoms with van der Waals surface area (Å²) in [5.74, 6) is -1.11. The molecule has 42 heavy (non-hydrogen) atoms. The Hall–Kier alpha value is -4.53. The standard InChI is InChI=1S/C34H32O8/c1-38-24-16-14-23(15-17-24)34-29(22-12-8-5-9-13-22)28(32(36)40-3)31(35)33(34,37)30-26(39-2)18-25(19-27(30)42-34)41-20-21-10-6-4-7-11-21/h4-19,28-29,31,35,37H,20H2,1-3H3/t28-,29-,31+,33-,34-/m0/s1. The summed E-state index contributed by atoms with van der Waals surface area (Å²) in [5.41, 5.74) is -1.36. The molecule has 5 atom stereocenters. The summed E-state index contributed by atoms with van der Waals surface area (Å²) in [6.07, 6.45) is -1.62. The van der Waals surface area contributed by atoms with Crippen LogP contribution < -0.4 is 18.9 Å². The number of carbonyl (C=O) groups excluding carboxylic acids is 1. The topological polar surface area (TPSA) is 104 Å². The van der Waals surface area contributed by atoms with Crippen molar-refractivity contribution in [2.45, 2.75) is 29.8 Å². The Morgan fingerprint density at radius 2 is 1.52 bits per heavy atom. The highest BCUT2D eigenvalue weighted by Gasteiger charge is 2.78. The summed E-state index contributed by atoms with van der Waals surface area (Å²) in [7, 11) is 4.30. The first-order valence-corrected chi connectivity index (χ1v) is 13.6. The lowest BCUT2D eigenvalue weighted by molar-refractivity contribution is -0.161. The van der Waals surface area contributed by atoms with Gasteiger partial charge in [0, 0.05) is 18.1 Å². The van der Waals surface area contributed by atoms with Gasteiger partial charge in [-0.25, -0.2) is 0 Å². The van der Waals surface area contributed by atoms with Crippen LogP contribution in [-0.4, -0.2) is 43.6 Å². The van der Waals surface area contributed by atoms with E-state index < -0.39 is 35.1 Å². The summed E-state index contributed by atoms with van der Waals surface area (Å²) >= 11 is 0.